The highest BCUT2D eigenvalue weighted by Gasteiger charge is 2.41. The van der Waals surface area contributed by atoms with Gasteiger partial charge >= 0.3 is 0 Å². The normalized spacial score (nSPS) is 28.3. The largest absolute Gasteiger partial charge is 0.409 e. The molecule has 0 aromatic rings. The number of carbonyl (C=O) groups excluding carboxylic acids is 1. The van der Waals surface area contributed by atoms with Crippen LogP contribution in [0.25, 0.3) is 0 Å². The monoisotopic (exact) mass is 291 g/mol. The number of nitrogens with one attached hydrogen (secondary N) is 1. The number of hydrogen-bond donors (Lipinski definition) is 3. The van der Waals surface area contributed by atoms with E-state index in [1.54, 1.807) is 20.8 Å². The molecule has 1 aliphatic rings. The van der Waals surface area contributed by atoms with Crippen LogP contribution in [0.15, 0.2) is 5.16 Å². The summed E-state index contributed by atoms with van der Waals surface area (Å²) in [6, 6.07) is 0. The highest BCUT2D eigenvalue weighted by Crippen LogP contribution is 2.24. The third-order valence-electron chi connectivity index (χ3n) is 3.31. The Hall–Kier alpha value is -1.31. The molecule has 110 valence electrons. The van der Waals surface area contributed by atoms with Crippen molar-refractivity contribution in [1.82, 2.24) is 5.32 Å². The van der Waals surface area contributed by atoms with Crippen molar-refractivity contribution in [2.75, 3.05) is 11.5 Å². The Morgan fingerprint density at radius 2 is 2.05 bits per heavy atom. The van der Waals surface area contributed by atoms with Crippen molar-refractivity contribution in [3.63, 3.8) is 0 Å². The lowest BCUT2D eigenvalue weighted by Gasteiger charge is -2.28. The first-order valence-electron chi connectivity index (χ1n) is 6.10. The summed E-state index contributed by atoms with van der Waals surface area (Å²) in [4.78, 5) is 12.2. The molecule has 0 aromatic carbocycles. The van der Waals surface area contributed by atoms with E-state index < -0.39 is 27.2 Å². The summed E-state index contributed by atoms with van der Waals surface area (Å²) in [6.45, 7) is 5.24. The molecule has 1 aliphatic heterocycles. The number of sulfone groups is 1. The maximum Gasteiger partial charge on any atom is 0.231 e. The quantitative estimate of drug-likeness (QED) is 0.284. The van der Waals surface area contributed by atoms with E-state index >= 15 is 0 Å². The zero-order valence-corrected chi connectivity index (χ0v) is 12.2. The first kappa shape index (κ1) is 15.7. The van der Waals surface area contributed by atoms with E-state index in [9.17, 15) is 13.2 Å². The Morgan fingerprint density at radius 1 is 1.47 bits per heavy atom. The molecular weight excluding hydrogens is 270 g/mol. The van der Waals surface area contributed by atoms with Crippen LogP contribution in [0.2, 0.25) is 0 Å². The van der Waals surface area contributed by atoms with Gasteiger partial charge in [-0.3, -0.25) is 4.79 Å². The number of amides is 1. The topological polar surface area (TPSA) is 122 Å². The third-order valence-corrected chi connectivity index (χ3v) is 5.21. The summed E-state index contributed by atoms with van der Waals surface area (Å²) in [5, 5.41) is 14.3. The van der Waals surface area contributed by atoms with Gasteiger partial charge in [-0.15, -0.1) is 0 Å². The lowest BCUT2D eigenvalue weighted by Crippen LogP contribution is -2.52. The van der Waals surface area contributed by atoms with E-state index in [1.165, 1.54) is 0 Å². The van der Waals surface area contributed by atoms with Crippen molar-refractivity contribution in [2.24, 2.45) is 22.7 Å². The molecule has 1 amide bonds. The molecule has 19 heavy (non-hydrogen) atoms. The minimum absolute atomic E-state index is 0.0691. The van der Waals surface area contributed by atoms with Gasteiger partial charge in [-0.05, 0) is 19.3 Å². The molecule has 0 saturated carbocycles. The van der Waals surface area contributed by atoms with Gasteiger partial charge in [0.05, 0.1) is 17.0 Å². The van der Waals surface area contributed by atoms with Gasteiger partial charge in [-0.1, -0.05) is 19.0 Å². The molecule has 8 heteroatoms. The van der Waals surface area contributed by atoms with Gasteiger partial charge in [0.1, 0.15) is 5.92 Å². The molecule has 7 nitrogen and oxygen atoms in total. The van der Waals surface area contributed by atoms with Crippen molar-refractivity contribution in [1.29, 1.82) is 0 Å². The summed E-state index contributed by atoms with van der Waals surface area (Å²) in [5.41, 5.74) is 4.73. The zero-order valence-electron chi connectivity index (χ0n) is 11.4. The number of oxime groups is 1. The molecule has 0 aromatic heterocycles. The fraction of sp³-hybridized carbons (Fsp3) is 0.818. The van der Waals surface area contributed by atoms with Crippen LogP contribution >= 0.6 is 0 Å². The molecule has 1 fully saturated rings. The predicted molar refractivity (Wildman–Crippen MR) is 71.6 cm³/mol. The molecule has 1 heterocycles. The number of rotatable bonds is 4. The van der Waals surface area contributed by atoms with Crippen molar-refractivity contribution >= 4 is 21.6 Å². The second-order valence-corrected chi connectivity index (χ2v) is 7.82. The Kier molecular flexibility index (Phi) is 4.44. The highest BCUT2D eigenvalue weighted by molar-refractivity contribution is 7.91. The maximum atomic E-state index is 12.2. The SMILES string of the molecule is CC(C)C(C(=O)NC1(C)CCS(=O)(=O)C1)C(N)=NO. The lowest BCUT2D eigenvalue weighted by molar-refractivity contribution is -0.125. The average molecular weight is 291 g/mol. The van der Waals surface area contributed by atoms with Crippen LogP contribution < -0.4 is 11.1 Å². The summed E-state index contributed by atoms with van der Waals surface area (Å²) in [6.07, 6.45) is 0.377. The third kappa shape index (κ3) is 3.82. The first-order chi connectivity index (χ1) is 8.60. The molecule has 1 rings (SSSR count). The summed E-state index contributed by atoms with van der Waals surface area (Å²) < 4.78 is 23.0. The second kappa shape index (κ2) is 5.36. The molecule has 0 radical (unpaired) electrons. The van der Waals surface area contributed by atoms with E-state index in [1.807, 2.05) is 0 Å². The molecular formula is C11H21N3O4S. The smallest absolute Gasteiger partial charge is 0.231 e. The number of carbonyl (C=O) groups is 1. The summed E-state index contributed by atoms with van der Waals surface area (Å²) in [7, 11) is -3.10. The van der Waals surface area contributed by atoms with Crippen LogP contribution in [0.1, 0.15) is 27.2 Å². The molecule has 2 unspecified atom stereocenters. The van der Waals surface area contributed by atoms with Gasteiger partial charge in [0, 0.05) is 0 Å². The Bertz CT molecular complexity index is 486. The van der Waals surface area contributed by atoms with Gasteiger partial charge in [-0.25, -0.2) is 8.42 Å². The molecule has 2 atom stereocenters. The Labute approximate surface area is 113 Å². The van der Waals surface area contributed by atoms with E-state index in [0.29, 0.717) is 6.42 Å². The van der Waals surface area contributed by atoms with E-state index in [-0.39, 0.29) is 23.3 Å². The van der Waals surface area contributed by atoms with E-state index in [0.717, 1.165) is 0 Å². The predicted octanol–water partition coefficient (Wildman–Crippen LogP) is -0.302. The molecule has 4 N–H and O–H groups in total. The van der Waals surface area contributed by atoms with Crippen LogP contribution in [-0.4, -0.2) is 42.4 Å². The van der Waals surface area contributed by atoms with Crippen LogP contribution in [0.3, 0.4) is 0 Å². The van der Waals surface area contributed by atoms with Crippen LogP contribution in [0.4, 0.5) is 0 Å². The molecule has 1 saturated heterocycles. The number of nitrogens with two attached hydrogens (primary N) is 1. The molecule has 0 aliphatic carbocycles. The van der Waals surface area contributed by atoms with Gasteiger partial charge in [-0.2, -0.15) is 0 Å². The van der Waals surface area contributed by atoms with Crippen molar-refractivity contribution in [2.45, 2.75) is 32.7 Å². The molecule has 0 spiro atoms. The van der Waals surface area contributed by atoms with Crippen molar-refractivity contribution in [3.8, 4) is 0 Å². The average Bonchev–Trinajstić information content (AvgIpc) is 2.51. The first-order valence-corrected chi connectivity index (χ1v) is 7.92. The van der Waals surface area contributed by atoms with Crippen molar-refractivity contribution in [3.05, 3.63) is 0 Å². The van der Waals surface area contributed by atoms with Crippen molar-refractivity contribution < 1.29 is 18.4 Å². The van der Waals surface area contributed by atoms with E-state index in [2.05, 4.69) is 10.5 Å². The number of hydrogen-bond acceptors (Lipinski definition) is 5. The van der Waals surface area contributed by atoms with Gasteiger partial charge in [0.15, 0.2) is 15.7 Å². The van der Waals surface area contributed by atoms with E-state index in [4.69, 9.17) is 10.9 Å². The molecule has 0 bridgehead atoms. The van der Waals surface area contributed by atoms with Crippen LogP contribution in [0.5, 0.6) is 0 Å². The lowest BCUT2D eigenvalue weighted by atomic mass is 9.92. The second-order valence-electron chi connectivity index (χ2n) is 5.64. The highest BCUT2D eigenvalue weighted by atomic mass is 32.2. The van der Waals surface area contributed by atoms with Gasteiger partial charge in [0.2, 0.25) is 5.91 Å². The Morgan fingerprint density at radius 3 is 2.42 bits per heavy atom. The Balaban J connectivity index is 2.84. The summed E-state index contributed by atoms with van der Waals surface area (Å²) in [5.74, 6) is -1.52. The fourth-order valence-corrected chi connectivity index (χ4v) is 4.42. The minimum Gasteiger partial charge on any atom is -0.409 e. The van der Waals surface area contributed by atoms with Gasteiger partial charge in [0.25, 0.3) is 0 Å². The van der Waals surface area contributed by atoms with Crippen LogP contribution in [-0.2, 0) is 14.6 Å². The fourth-order valence-electron chi connectivity index (χ4n) is 2.33. The van der Waals surface area contributed by atoms with Gasteiger partial charge < -0.3 is 16.3 Å². The van der Waals surface area contributed by atoms with Crippen LogP contribution in [0, 0.1) is 11.8 Å². The number of nitrogens with zero attached hydrogens (tertiary/aromatic N) is 1. The maximum absolute atomic E-state index is 12.2. The summed E-state index contributed by atoms with van der Waals surface area (Å²) >= 11 is 0. The standard InChI is InChI=1S/C11H21N3O4S/c1-7(2)8(9(12)14-16)10(15)13-11(3)4-5-19(17,18)6-11/h7-8,16H,4-6H2,1-3H3,(H2,12,14)(H,13,15). The number of amidine groups is 1. The zero-order chi connectivity index (χ0) is 14.8. The minimum atomic E-state index is -3.10.